The van der Waals surface area contributed by atoms with E-state index in [1.807, 2.05) is 6.07 Å². The average molecular weight is 385 g/mol. The van der Waals surface area contributed by atoms with Gasteiger partial charge in [-0.25, -0.2) is 0 Å². The molecule has 1 aromatic rings. The van der Waals surface area contributed by atoms with E-state index >= 15 is 0 Å². The van der Waals surface area contributed by atoms with Crippen LogP contribution in [0, 0.1) is 0 Å². The normalized spacial score (nSPS) is 18.0. The van der Waals surface area contributed by atoms with Crippen LogP contribution in [0.3, 0.4) is 0 Å². The first-order valence-corrected chi connectivity index (χ1v) is 8.84. The van der Waals surface area contributed by atoms with Crippen molar-refractivity contribution < 1.29 is 14.3 Å². The van der Waals surface area contributed by atoms with Gasteiger partial charge >= 0.3 is 0 Å². The van der Waals surface area contributed by atoms with Crippen molar-refractivity contribution in [2.75, 3.05) is 33.9 Å². The van der Waals surface area contributed by atoms with Gasteiger partial charge in [-0.05, 0) is 60.4 Å². The van der Waals surface area contributed by atoms with Gasteiger partial charge in [0.25, 0.3) is 5.91 Å². The van der Waals surface area contributed by atoms with Crippen LogP contribution in [-0.4, -0.2) is 50.7 Å². The Balaban J connectivity index is 2.10. The SMILES string of the molecule is CCCN1CCC[C@@H]1CNC(=O)c1c(OC)ccc(Br)c1OC. The minimum absolute atomic E-state index is 0.164. The van der Waals surface area contributed by atoms with Crippen molar-refractivity contribution in [2.45, 2.75) is 32.2 Å². The van der Waals surface area contributed by atoms with Crippen LogP contribution in [0.5, 0.6) is 11.5 Å². The number of rotatable bonds is 7. The molecule has 0 spiro atoms. The predicted molar refractivity (Wildman–Crippen MR) is 94.5 cm³/mol. The fraction of sp³-hybridized carbons (Fsp3) is 0.588. The highest BCUT2D eigenvalue weighted by molar-refractivity contribution is 9.10. The zero-order chi connectivity index (χ0) is 16.8. The van der Waals surface area contributed by atoms with Crippen LogP contribution < -0.4 is 14.8 Å². The molecule has 1 amide bonds. The molecule has 2 rings (SSSR count). The van der Waals surface area contributed by atoms with Crippen molar-refractivity contribution in [1.82, 2.24) is 10.2 Å². The topological polar surface area (TPSA) is 50.8 Å². The summed E-state index contributed by atoms with van der Waals surface area (Å²) in [6.45, 7) is 5.05. The minimum Gasteiger partial charge on any atom is -0.496 e. The first-order chi connectivity index (χ1) is 11.1. The van der Waals surface area contributed by atoms with Crippen molar-refractivity contribution in [3.8, 4) is 11.5 Å². The largest absolute Gasteiger partial charge is 0.496 e. The third-order valence-corrected chi connectivity index (χ3v) is 4.86. The second-order valence-corrected chi connectivity index (χ2v) is 6.55. The summed E-state index contributed by atoms with van der Waals surface area (Å²) in [6, 6.07) is 4.00. The van der Waals surface area contributed by atoms with Gasteiger partial charge in [-0.1, -0.05) is 6.92 Å². The number of halogens is 1. The van der Waals surface area contributed by atoms with Gasteiger partial charge in [0.2, 0.25) is 0 Å². The summed E-state index contributed by atoms with van der Waals surface area (Å²) in [6.07, 6.45) is 3.47. The molecular weight excluding hydrogens is 360 g/mol. The first-order valence-electron chi connectivity index (χ1n) is 8.05. The maximum absolute atomic E-state index is 12.7. The Morgan fingerprint density at radius 1 is 1.39 bits per heavy atom. The van der Waals surface area contributed by atoms with Gasteiger partial charge in [0.15, 0.2) is 0 Å². The molecule has 1 aliphatic rings. The van der Waals surface area contributed by atoms with E-state index in [0.717, 1.165) is 30.4 Å². The van der Waals surface area contributed by atoms with E-state index in [4.69, 9.17) is 9.47 Å². The van der Waals surface area contributed by atoms with Crippen molar-refractivity contribution in [1.29, 1.82) is 0 Å². The Kier molecular flexibility index (Phi) is 6.72. The van der Waals surface area contributed by atoms with Crippen molar-refractivity contribution in [3.63, 3.8) is 0 Å². The van der Waals surface area contributed by atoms with Crippen LogP contribution in [0.15, 0.2) is 16.6 Å². The molecule has 1 heterocycles. The van der Waals surface area contributed by atoms with Crippen LogP contribution >= 0.6 is 15.9 Å². The van der Waals surface area contributed by atoms with E-state index in [-0.39, 0.29) is 5.91 Å². The van der Waals surface area contributed by atoms with E-state index in [9.17, 15) is 4.79 Å². The lowest BCUT2D eigenvalue weighted by Gasteiger charge is -2.24. The quantitative estimate of drug-likeness (QED) is 0.784. The summed E-state index contributed by atoms with van der Waals surface area (Å²) < 4.78 is 11.4. The lowest BCUT2D eigenvalue weighted by atomic mass is 10.1. The minimum atomic E-state index is -0.164. The number of hydrogen-bond donors (Lipinski definition) is 1. The molecule has 128 valence electrons. The molecule has 1 atom stereocenters. The van der Waals surface area contributed by atoms with Gasteiger partial charge in [-0.15, -0.1) is 0 Å². The summed E-state index contributed by atoms with van der Waals surface area (Å²) in [5.74, 6) is 0.849. The second-order valence-electron chi connectivity index (χ2n) is 5.70. The lowest BCUT2D eigenvalue weighted by molar-refractivity contribution is 0.0934. The maximum atomic E-state index is 12.7. The molecule has 5 nitrogen and oxygen atoms in total. The smallest absolute Gasteiger partial charge is 0.258 e. The van der Waals surface area contributed by atoms with Crippen LogP contribution in [0.1, 0.15) is 36.5 Å². The second kappa shape index (κ2) is 8.55. The van der Waals surface area contributed by atoms with Crippen molar-refractivity contribution in [3.05, 3.63) is 22.2 Å². The molecule has 0 aliphatic carbocycles. The standard InChI is InChI=1S/C17H25BrN2O3/c1-4-9-20-10-5-6-12(20)11-19-17(21)15-14(22-2)8-7-13(18)16(15)23-3/h7-8,12H,4-6,9-11H2,1-3H3,(H,19,21)/t12-/m1/s1. The number of carbonyl (C=O) groups is 1. The molecule has 23 heavy (non-hydrogen) atoms. The Morgan fingerprint density at radius 3 is 2.83 bits per heavy atom. The number of hydrogen-bond acceptors (Lipinski definition) is 4. The number of ether oxygens (including phenoxy) is 2. The number of benzene rings is 1. The third kappa shape index (κ3) is 4.18. The molecule has 6 heteroatoms. The first kappa shape index (κ1) is 18.1. The van der Waals surface area contributed by atoms with Gasteiger partial charge in [0.05, 0.1) is 18.7 Å². The zero-order valence-electron chi connectivity index (χ0n) is 14.0. The van der Waals surface area contributed by atoms with Crippen molar-refractivity contribution >= 4 is 21.8 Å². The Hall–Kier alpha value is -1.27. The van der Waals surface area contributed by atoms with Crippen LogP contribution in [0.25, 0.3) is 0 Å². The fourth-order valence-corrected chi connectivity index (χ4v) is 3.62. The van der Waals surface area contributed by atoms with Gasteiger partial charge in [-0.3, -0.25) is 9.69 Å². The number of nitrogens with one attached hydrogen (secondary N) is 1. The average Bonchev–Trinajstić information content (AvgIpc) is 3.00. The Morgan fingerprint density at radius 2 is 2.17 bits per heavy atom. The molecule has 1 saturated heterocycles. The number of carbonyl (C=O) groups excluding carboxylic acids is 1. The Bertz CT molecular complexity index is 551. The van der Waals surface area contributed by atoms with Gasteiger partial charge in [-0.2, -0.15) is 0 Å². The van der Waals surface area contributed by atoms with Gasteiger partial charge < -0.3 is 14.8 Å². The number of amides is 1. The highest BCUT2D eigenvalue weighted by Gasteiger charge is 2.26. The molecule has 1 aromatic carbocycles. The zero-order valence-corrected chi connectivity index (χ0v) is 15.6. The molecule has 0 bridgehead atoms. The molecule has 0 aromatic heterocycles. The summed E-state index contributed by atoms with van der Waals surface area (Å²) in [5, 5.41) is 3.04. The maximum Gasteiger partial charge on any atom is 0.258 e. The summed E-state index contributed by atoms with van der Waals surface area (Å²) in [5.41, 5.74) is 0.435. The van der Waals surface area contributed by atoms with Gasteiger partial charge in [0, 0.05) is 12.6 Å². The molecule has 0 saturated carbocycles. The molecule has 0 unspecified atom stereocenters. The summed E-state index contributed by atoms with van der Waals surface area (Å²) in [7, 11) is 3.11. The van der Waals surface area contributed by atoms with Crippen LogP contribution in [0.2, 0.25) is 0 Å². The highest BCUT2D eigenvalue weighted by atomic mass is 79.9. The molecular formula is C17H25BrN2O3. The Labute approximate surface area is 146 Å². The number of methoxy groups -OCH3 is 2. The lowest BCUT2D eigenvalue weighted by Crippen LogP contribution is -2.40. The number of nitrogens with zero attached hydrogens (tertiary/aromatic N) is 1. The van der Waals surface area contributed by atoms with E-state index in [2.05, 4.69) is 33.1 Å². The van der Waals surface area contributed by atoms with Crippen LogP contribution in [0.4, 0.5) is 0 Å². The molecule has 0 radical (unpaired) electrons. The van der Waals surface area contributed by atoms with E-state index in [0.29, 0.717) is 29.6 Å². The summed E-state index contributed by atoms with van der Waals surface area (Å²) in [4.78, 5) is 15.1. The van der Waals surface area contributed by atoms with E-state index in [1.165, 1.54) is 6.42 Å². The molecule has 1 aliphatic heterocycles. The molecule has 1 N–H and O–H groups in total. The molecule has 1 fully saturated rings. The van der Waals surface area contributed by atoms with E-state index in [1.54, 1.807) is 20.3 Å². The van der Waals surface area contributed by atoms with Crippen LogP contribution in [-0.2, 0) is 0 Å². The van der Waals surface area contributed by atoms with Crippen molar-refractivity contribution in [2.24, 2.45) is 0 Å². The number of likely N-dealkylation sites (tertiary alicyclic amines) is 1. The van der Waals surface area contributed by atoms with Gasteiger partial charge in [0.1, 0.15) is 17.1 Å². The monoisotopic (exact) mass is 384 g/mol. The summed E-state index contributed by atoms with van der Waals surface area (Å²) >= 11 is 3.42. The van der Waals surface area contributed by atoms with E-state index < -0.39 is 0 Å². The predicted octanol–water partition coefficient (Wildman–Crippen LogP) is 3.07. The third-order valence-electron chi connectivity index (χ3n) is 4.23. The fourth-order valence-electron chi connectivity index (χ4n) is 3.13. The highest BCUT2D eigenvalue weighted by Crippen LogP contribution is 2.35.